The van der Waals surface area contributed by atoms with Crippen molar-refractivity contribution in [1.29, 1.82) is 0 Å². The molecule has 124 valence electrons. The fourth-order valence-electron chi connectivity index (χ4n) is 2.71. The third-order valence-corrected chi connectivity index (χ3v) is 3.97. The van der Waals surface area contributed by atoms with Gasteiger partial charge in [0.25, 0.3) is 11.5 Å². The summed E-state index contributed by atoms with van der Waals surface area (Å²) in [6.07, 6.45) is 2.24. The maximum atomic E-state index is 12.4. The number of hydrogen-bond donors (Lipinski definition) is 1. The molecular weight excluding hydrogens is 306 g/mol. The van der Waals surface area contributed by atoms with Crippen LogP contribution in [-0.2, 0) is 13.5 Å². The van der Waals surface area contributed by atoms with Gasteiger partial charge in [0.2, 0.25) is 0 Å². The zero-order valence-corrected chi connectivity index (χ0v) is 13.9. The molecule has 1 amide bonds. The van der Waals surface area contributed by atoms with Crippen LogP contribution >= 0.6 is 0 Å². The number of carbonyl (C=O) groups excluding carboxylic acids is 1. The Morgan fingerprint density at radius 1 is 1.38 bits per heavy atom. The van der Waals surface area contributed by atoms with Crippen molar-refractivity contribution >= 4 is 16.9 Å². The van der Waals surface area contributed by atoms with Gasteiger partial charge in [0.15, 0.2) is 0 Å². The van der Waals surface area contributed by atoms with E-state index in [0.717, 1.165) is 5.76 Å². The van der Waals surface area contributed by atoms with Crippen LogP contribution in [0.2, 0.25) is 0 Å². The van der Waals surface area contributed by atoms with Crippen LogP contribution in [0, 0.1) is 6.92 Å². The van der Waals surface area contributed by atoms with E-state index in [0.29, 0.717) is 28.7 Å². The highest BCUT2D eigenvalue weighted by molar-refractivity contribution is 5.97. The molecule has 1 atom stereocenters. The molecule has 1 N–H and O–H groups in total. The molecule has 0 unspecified atom stereocenters. The molecule has 24 heavy (non-hydrogen) atoms. The van der Waals surface area contributed by atoms with E-state index in [2.05, 4.69) is 10.3 Å². The smallest absolute Gasteiger partial charge is 0.272 e. The number of carbonyl (C=O) groups is 1. The van der Waals surface area contributed by atoms with Crippen molar-refractivity contribution in [1.82, 2.24) is 14.9 Å². The number of nitrogens with zero attached hydrogens (tertiary/aromatic N) is 2. The molecule has 0 saturated heterocycles. The minimum atomic E-state index is -0.177. The molecule has 0 aliphatic heterocycles. The highest BCUT2D eigenvalue weighted by Gasteiger charge is 2.13. The Morgan fingerprint density at radius 2 is 2.17 bits per heavy atom. The third-order valence-electron chi connectivity index (χ3n) is 3.97. The first kappa shape index (κ1) is 16.0. The second kappa shape index (κ2) is 6.31. The van der Waals surface area contributed by atoms with Gasteiger partial charge in [-0.2, -0.15) is 0 Å². The molecule has 0 aliphatic carbocycles. The quantitative estimate of drug-likeness (QED) is 0.798. The van der Waals surface area contributed by atoms with Gasteiger partial charge in [0.05, 0.1) is 17.3 Å². The van der Waals surface area contributed by atoms with Crippen molar-refractivity contribution in [2.45, 2.75) is 26.3 Å². The van der Waals surface area contributed by atoms with Gasteiger partial charge in [-0.15, -0.1) is 0 Å². The van der Waals surface area contributed by atoms with Crippen LogP contribution in [-0.4, -0.2) is 21.5 Å². The Kier molecular flexibility index (Phi) is 4.20. The van der Waals surface area contributed by atoms with E-state index in [9.17, 15) is 9.59 Å². The van der Waals surface area contributed by atoms with Gasteiger partial charge in [0.1, 0.15) is 11.5 Å². The molecule has 2 aromatic heterocycles. The highest BCUT2D eigenvalue weighted by atomic mass is 16.3. The van der Waals surface area contributed by atoms with Gasteiger partial charge in [-0.05, 0) is 44.2 Å². The van der Waals surface area contributed by atoms with E-state index in [1.54, 1.807) is 43.0 Å². The normalized spacial score (nSPS) is 12.3. The number of rotatable bonds is 4. The average Bonchev–Trinajstić information content (AvgIpc) is 3.05. The fraction of sp³-hybridized carbons (Fsp3) is 0.278. The SMILES string of the molecule is Cc1nc2cc(C(=O)N[C@H](C)Cc3ccco3)ccc2n(C)c1=O. The van der Waals surface area contributed by atoms with E-state index in [4.69, 9.17) is 4.42 Å². The van der Waals surface area contributed by atoms with Crippen LogP contribution in [0.4, 0.5) is 0 Å². The number of benzene rings is 1. The molecule has 3 aromatic rings. The van der Waals surface area contributed by atoms with Crippen molar-refractivity contribution in [2.75, 3.05) is 0 Å². The summed E-state index contributed by atoms with van der Waals surface area (Å²) >= 11 is 0. The maximum Gasteiger partial charge on any atom is 0.272 e. The second-order valence-corrected chi connectivity index (χ2v) is 5.92. The topological polar surface area (TPSA) is 77.1 Å². The van der Waals surface area contributed by atoms with Crippen molar-refractivity contribution in [3.8, 4) is 0 Å². The number of amides is 1. The molecule has 0 spiro atoms. The molecule has 6 heteroatoms. The van der Waals surface area contributed by atoms with E-state index >= 15 is 0 Å². The number of aryl methyl sites for hydroxylation is 2. The van der Waals surface area contributed by atoms with E-state index in [1.165, 1.54) is 0 Å². The summed E-state index contributed by atoms with van der Waals surface area (Å²) in [7, 11) is 1.70. The Hall–Kier alpha value is -2.89. The van der Waals surface area contributed by atoms with Crippen molar-refractivity contribution < 1.29 is 9.21 Å². The van der Waals surface area contributed by atoms with Crippen LogP contribution in [0.15, 0.2) is 45.8 Å². The van der Waals surface area contributed by atoms with Gasteiger partial charge in [-0.3, -0.25) is 9.59 Å². The summed E-state index contributed by atoms with van der Waals surface area (Å²) in [5, 5.41) is 2.94. The first-order valence-corrected chi connectivity index (χ1v) is 7.76. The first-order chi connectivity index (χ1) is 11.5. The molecule has 0 saturated carbocycles. The van der Waals surface area contributed by atoms with Gasteiger partial charge in [-0.25, -0.2) is 4.98 Å². The summed E-state index contributed by atoms with van der Waals surface area (Å²) in [6.45, 7) is 3.59. The number of fused-ring (bicyclic) bond motifs is 1. The molecular formula is C18H19N3O3. The molecule has 2 heterocycles. The second-order valence-electron chi connectivity index (χ2n) is 5.92. The van der Waals surface area contributed by atoms with Crippen LogP contribution in [0.25, 0.3) is 11.0 Å². The summed E-state index contributed by atoms with van der Waals surface area (Å²) in [5.41, 5.74) is 2.12. The van der Waals surface area contributed by atoms with Crippen molar-refractivity contribution in [3.05, 3.63) is 64.0 Å². The third kappa shape index (κ3) is 3.08. The Morgan fingerprint density at radius 3 is 2.88 bits per heavy atom. The Bertz CT molecular complexity index is 942. The fourth-order valence-corrected chi connectivity index (χ4v) is 2.71. The standard InChI is InChI=1S/C18H19N3O3/c1-11(9-14-5-4-8-24-14)19-17(22)13-6-7-16-15(10-13)20-12(2)18(23)21(16)3/h4-8,10-11H,9H2,1-3H3,(H,19,22)/t11-/m1/s1. The summed E-state index contributed by atoms with van der Waals surface area (Å²) in [6, 6.07) is 8.80. The van der Waals surface area contributed by atoms with Gasteiger partial charge in [-0.1, -0.05) is 0 Å². The van der Waals surface area contributed by atoms with Crippen LogP contribution in [0.3, 0.4) is 0 Å². The zero-order valence-electron chi connectivity index (χ0n) is 13.9. The minimum absolute atomic E-state index is 0.0610. The van der Waals surface area contributed by atoms with Gasteiger partial charge >= 0.3 is 0 Å². The number of aromatic nitrogens is 2. The molecule has 1 aromatic carbocycles. The maximum absolute atomic E-state index is 12.4. The monoisotopic (exact) mass is 325 g/mol. The Balaban J connectivity index is 1.82. The predicted molar refractivity (Wildman–Crippen MR) is 91.1 cm³/mol. The largest absolute Gasteiger partial charge is 0.469 e. The molecule has 0 fully saturated rings. The van der Waals surface area contributed by atoms with Crippen LogP contribution < -0.4 is 10.9 Å². The first-order valence-electron chi connectivity index (χ1n) is 7.76. The average molecular weight is 325 g/mol. The van der Waals surface area contributed by atoms with E-state index < -0.39 is 0 Å². The summed E-state index contributed by atoms with van der Waals surface area (Å²) in [5.74, 6) is 0.651. The Labute approximate surface area is 139 Å². The number of furan rings is 1. The summed E-state index contributed by atoms with van der Waals surface area (Å²) < 4.78 is 6.83. The lowest BCUT2D eigenvalue weighted by Gasteiger charge is -2.13. The molecule has 3 rings (SSSR count). The lowest BCUT2D eigenvalue weighted by molar-refractivity contribution is 0.0939. The molecule has 0 bridgehead atoms. The van der Waals surface area contributed by atoms with E-state index in [1.807, 2.05) is 19.1 Å². The summed E-state index contributed by atoms with van der Waals surface area (Å²) in [4.78, 5) is 28.6. The van der Waals surface area contributed by atoms with Gasteiger partial charge < -0.3 is 14.3 Å². The lowest BCUT2D eigenvalue weighted by Crippen LogP contribution is -2.34. The lowest BCUT2D eigenvalue weighted by atomic mass is 10.1. The predicted octanol–water partition coefficient (Wildman–Crippen LogP) is 2.20. The number of hydrogen-bond acceptors (Lipinski definition) is 4. The number of nitrogens with one attached hydrogen (secondary N) is 1. The van der Waals surface area contributed by atoms with Crippen LogP contribution in [0.5, 0.6) is 0 Å². The zero-order chi connectivity index (χ0) is 17.3. The van der Waals surface area contributed by atoms with E-state index in [-0.39, 0.29) is 17.5 Å². The van der Waals surface area contributed by atoms with Crippen LogP contribution in [0.1, 0.15) is 28.7 Å². The molecule has 0 radical (unpaired) electrons. The molecule has 0 aliphatic rings. The highest BCUT2D eigenvalue weighted by Crippen LogP contribution is 2.13. The van der Waals surface area contributed by atoms with Crippen molar-refractivity contribution in [2.24, 2.45) is 7.05 Å². The molecule has 6 nitrogen and oxygen atoms in total. The minimum Gasteiger partial charge on any atom is -0.469 e. The van der Waals surface area contributed by atoms with Gasteiger partial charge in [0, 0.05) is 25.1 Å². The van der Waals surface area contributed by atoms with Crippen molar-refractivity contribution in [3.63, 3.8) is 0 Å².